The SMILES string of the molecule is C=C[C@@H]1C[C@]1(NC(=O)[C@@H]1C[C@@]2(CC1C(=O)[C@@H](NC(=O)[C@@H](N)C1CCCCC1)C(C)(C)C)C(C)(C)C21CCC1)C(=O)NS(=O)(=O)N1CCCC1. The number of Topliss-reactive ketones (excluding diaryl/α,β-unsaturated/α-hetero) is 1. The Morgan fingerprint density at radius 2 is 1.51 bits per heavy atom. The summed E-state index contributed by atoms with van der Waals surface area (Å²) >= 11 is 0. The summed E-state index contributed by atoms with van der Waals surface area (Å²) in [7, 11) is -4.06. The van der Waals surface area contributed by atoms with Crippen molar-refractivity contribution in [2.75, 3.05) is 13.1 Å². The molecule has 5 saturated carbocycles. The molecule has 1 saturated heterocycles. The molecule has 6 rings (SSSR count). The minimum atomic E-state index is -4.06. The van der Waals surface area contributed by atoms with Gasteiger partial charge in [-0.15, -0.1) is 6.58 Å². The zero-order valence-electron chi connectivity index (χ0n) is 30.2. The first-order chi connectivity index (χ1) is 22.9. The Balaban J connectivity index is 1.26. The fourth-order valence-electron chi connectivity index (χ4n) is 10.9. The second-order valence-corrected chi connectivity index (χ2v) is 19.6. The average molecular weight is 702 g/mol. The van der Waals surface area contributed by atoms with E-state index in [1.165, 1.54) is 4.31 Å². The monoisotopic (exact) mass is 701 g/mol. The first-order valence-electron chi connectivity index (χ1n) is 18.7. The molecular formula is C37H59N5O6S. The number of ketones is 1. The van der Waals surface area contributed by atoms with Crippen molar-refractivity contribution >= 4 is 33.7 Å². The third kappa shape index (κ3) is 5.79. The number of nitrogens with one attached hydrogen (secondary N) is 3. The van der Waals surface area contributed by atoms with E-state index in [1.54, 1.807) is 6.08 Å². The Bertz CT molecular complexity index is 1490. The number of carbonyl (C=O) groups is 4. The third-order valence-electron chi connectivity index (χ3n) is 14.4. The van der Waals surface area contributed by atoms with Gasteiger partial charge in [-0.05, 0) is 85.4 Å². The van der Waals surface area contributed by atoms with E-state index in [-0.39, 0.29) is 40.3 Å². The van der Waals surface area contributed by atoms with Crippen molar-refractivity contribution in [3.05, 3.63) is 12.7 Å². The predicted molar refractivity (Wildman–Crippen MR) is 187 cm³/mol. The summed E-state index contributed by atoms with van der Waals surface area (Å²) in [6.45, 7) is 14.8. The minimum absolute atomic E-state index is 0.0578. The van der Waals surface area contributed by atoms with Crippen molar-refractivity contribution in [1.29, 1.82) is 0 Å². The molecule has 5 aliphatic carbocycles. The number of hydrogen-bond acceptors (Lipinski definition) is 7. The third-order valence-corrected chi connectivity index (χ3v) is 15.8. The molecule has 3 amide bonds. The maximum absolute atomic E-state index is 14.8. The van der Waals surface area contributed by atoms with Gasteiger partial charge < -0.3 is 16.4 Å². The van der Waals surface area contributed by atoms with Gasteiger partial charge in [-0.1, -0.05) is 66.4 Å². The maximum atomic E-state index is 14.8. The molecule has 0 radical (unpaired) electrons. The van der Waals surface area contributed by atoms with Gasteiger partial charge >= 0.3 is 10.2 Å². The zero-order valence-corrected chi connectivity index (χ0v) is 31.1. The van der Waals surface area contributed by atoms with Crippen molar-refractivity contribution in [3.63, 3.8) is 0 Å². The lowest BCUT2D eigenvalue weighted by atomic mass is 9.72. The fourth-order valence-corrected chi connectivity index (χ4v) is 12.2. The number of hydrogen-bond donors (Lipinski definition) is 4. The van der Waals surface area contributed by atoms with Crippen LogP contribution in [0.3, 0.4) is 0 Å². The van der Waals surface area contributed by atoms with Crippen LogP contribution in [-0.2, 0) is 29.4 Å². The number of rotatable bonds is 11. The quantitative estimate of drug-likeness (QED) is 0.238. The van der Waals surface area contributed by atoms with E-state index >= 15 is 0 Å². The fraction of sp³-hybridized carbons (Fsp3) is 0.838. The summed E-state index contributed by atoms with van der Waals surface area (Å²) in [5.74, 6) is -3.44. The lowest BCUT2D eigenvalue weighted by Crippen LogP contribution is -2.58. The van der Waals surface area contributed by atoms with Crippen LogP contribution in [0.15, 0.2) is 12.7 Å². The van der Waals surface area contributed by atoms with Gasteiger partial charge in [-0.25, -0.2) is 4.72 Å². The zero-order chi connectivity index (χ0) is 35.8. The molecule has 6 aliphatic rings. The Morgan fingerprint density at radius 3 is 2.02 bits per heavy atom. The molecule has 2 spiro atoms. The highest BCUT2D eigenvalue weighted by Crippen LogP contribution is 2.90. The Morgan fingerprint density at radius 1 is 0.898 bits per heavy atom. The molecule has 0 bridgehead atoms. The number of nitrogens with zero attached hydrogens (tertiary/aromatic N) is 1. The molecule has 1 unspecified atom stereocenters. The van der Waals surface area contributed by atoms with Gasteiger partial charge in [0.15, 0.2) is 5.78 Å². The van der Waals surface area contributed by atoms with E-state index in [0.717, 1.165) is 64.2 Å². The van der Waals surface area contributed by atoms with E-state index in [9.17, 15) is 27.6 Å². The Kier molecular flexibility index (Phi) is 9.25. The molecule has 7 atom stereocenters. The molecule has 5 N–H and O–H groups in total. The van der Waals surface area contributed by atoms with Crippen LogP contribution >= 0.6 is 0 Å². The van der Waals surface area contributed by atoms with Gasteiger partial charge in [0, 0.05) is 30.8 Å². The molecule has 6 fully saturated rings. The van der Waals surface area contributed by atoms with Crippen LogP contribution in [0.2, 0.25) is 0 Å². The van der Waals surface area contributed by atoms with Crippen LogP contribution in [0, 0.1) is 45.3 Å². The summed E-state index contributed by atoms with van der Waals surface area (Å²) in [6.07, 6.45) is 12.6. The standard InChI is InChI=1S/C37H59N5O6S/c1-7-24-20-37(24,32(46)41-49(47,48)42-18-11-12-19-42)40-30(44)26-22-36(34(5,6)35(36)16-13-17-35)21-25(26)28(43)29(33(2,3)4)39-31(45)27(38)23-14-9-8-10-15-23/h7,23-27,29H,1,8-22,38H2,2-6H3,(H,39,45)(H,40,44)(H,41,46)/t24-,25?,26-,27+,29-,36+,37-/m1/s1. The summed E-state index contributed by atoms with van der Waals surface area (Å²) in [4.78, 5) is 56.6. The van der Waals surface area contributed by atoms with Crippen molar-refractivity contribution in [2.45, 2.75) is 136 Å². The van der Waals surface area contributed by atoms with E-state index in [4.69, 9.17) is 5.73 Å². The van der Waals surface area contributed by atoms with Gasteiger partial charge in [0.05, 0.1) is 12.1 Å². The van der Waals surface area contributed by atoms with E-state index in [0.29, 0.717) is 25.9 Å². The van der Waals surface area contributed by atoms with Crippen molar-refractivity contribution in [2.24, 2.45) is 51.1 Å². The molecule has 49 heavy (non-hydrogen) atoms. The highest BCUT2D eigenvalue weighted by Gasteiger charge is 2.85. The Hall–Kier alpha value is -2.31. The normalized spacial score (nSPS) is 34.9. The van der Waals surface area contributed by atoms with E-state index in [2.05, 4.69) is 35.8 Å². The van der Waals surface area contributed by atoms with Crippen molar-refractivity contribution in [3.8, 4) is 0 Å². The summed E-state index contributed by atoms with van der Waals surface area (Å²) in [5, 5.41) is 6.04. The number of nitrogens with two attached hydrogens (primary N) is 1. The van der Waals surface area contributed by atoms with Crippen molar-refractivity contribution < 1.29 is 27.6 Å². The number of carbonyl (C=O) groups excluding carboxylic acids is 4. The average Bonchev–Trinajstić information content (AvgIpc) is 3.49. The van der Waals surface area contributed by atoms with Crippen LogP contribution < -0.4 is 21.1 Å². The summed E-state index contributed by atoms with van der Waals surface area (Å²) in [6, 6.07) is -1.55. The van der Waals surface area contributed by atoms with E-state index < -0.39 is 62.8 Å². The van der Waals surface area contributed by atoms with Crippen LogP contribution in [-0.4, -0.2) is 66.9 Å². The largest absolute Gasteiger partial charge is 0.344 e. The lowest BCUT2D eigenvalue weighted by molar-refractivity contribution is -0.138. The van der Waals surface area contributed by atoms with Gasteiger partial charge in [0.2, 0.25) is 11.8 Å². The smallest absolute Gasteiger partial charge is 0.303 e. The second-order valence-electron chi connectivity index (χ2n) is 17.9. The van der Waals surface area contributed by atoms with Gasteiger partial charge in [0.1, 0.15) is 5.54 Å². The molecule has 0 aromatic carbocycles. The van der Waals surface area contributed by atoms with Crippen LogP contribution in [0.4, 0.5) is 0 Å². The first-order valence-corrected chi connectivity index (χ1v) is 20.2. The molecule has 1 aliphatic heterocycles. The Labute approximate surface area is 292 Å². The van der Waals surface area contributed by atoms with Crippen LogP contribution in [0.1, 0.15) is 118 Å². The van der Waals surface area contributed by atoms with Gasteiger partial charge in [-0.3, -0.25) is 19.2 Å². The topological polar surface area (TPSA) is 168 Å². The van der Waals surface area contributed by atoms with Crippen molar-refractivity contribution in [1.82, 2.24) is 19.7 Å². The first kappa shape index (κ1) is 36.5. The molecule has 0 aromatic rings. The molecule has 12 heteroatoms. The lowest BCUT2D eigenvalue weighted by Gasteiger charge is -2.35. The summed E-state index contributed by atoms with van der Waals surface area (Å²) in [5.41, 5.74) is 4.21. The predicted octanol–water partition coefficient (Wildman–Crippen LogP) is 3.73. The maximum Gasteiger partial charge on any atom is 0.303 e. The van der Waals surface area contributed by atoms with Gasteiger partial charge in [0.25, 0.3) is 5.91 Å². The van der Waals surface area contributed by atoms with E-state index in [1.807, 2.05) is 20.8 Å². The summed E-state index contributed by atoms with van der Waals surface area (Å²) < 4.78 is 29.6. The number of fused-ring (bicyclic) bond motifs is 1. The highest BCUT2D eigenvalue weighted by molar-refractivity contribution is 7.87. The molecular weight excluding hydrogens is 643 g/mol. The molecule has 1 heterocycles. The molecule has 274 valence electrons. The second kappa shape index (κ2) is 12.4. The molecule has 0 aromatic heterocycles. The minimum Gasteiger partial charge on any atom is -0.344 e. The molecule has 11 nitrogen and oxygen atoms in total. The number of amides is 3. The van der Waals surface area contributed by atoms with Crippen LogP contribution in [0.5, 0.6) is 0 Å². The highest BCUT2D eigenvalue weighted by atomic mass is 32.2. The van der Waals surface area contributed by atoms with Gasteiger partial charge in [-0.2, -0.15) is 12.7 Å². The van der Waals surface area contributed by atoms with Crippen LogP contribution in [0.25, 0.3) is 0 Å².